The zero-order valence-electron chi connectivity index (χ0n) is 16.1. The van der Waals surface area contributed by atoms with E-state index in [9.17, 15) is 0 Å². The van der Waals surface area contributed by atoms with E-state index in [1.807, 2.05) is 10.7 Å². The Morgan fingerprint density at radius 1 is 1.14 bits per heavy atom. The van der Waals surface area contributed by atoms with Crippen LogP contribution in [0.3, 0.4) is 0 Å². The molecule has 3 rings (SSSR count). The Labute approximate surface area is 183 Å². The van der Waals surface area contributed by atoms with Gasteiger partial charge in [-0.3, -0.25) is 0 Å². The minimum absolute atomic E-state index is 0. The number of rotatable bonds is 8. The smallest absolute Gasteiger partial charge is 0.188 e. The topological polar surface area (TPSA) is 81.1 Å². The van der Waals surface area contributed by atoms with Crippen LogP contribution in [0.1, 0.15) is 30.9 Å². The second kappa shape index (κ2) is 11.4. The third kappa shape index (κ3) is 6.33. The number of unbranched alkanes of at least 4 members (excludes halogenated alkanes) is 1. The molecular weight excluding hydrogens is 463 g/mol. The first kappa shape index (κ1) is 21.9. The summed E-state index contributed by atoms with van der Waals surface area (Å²) < 4.78 is 1.81. The maximum Gasteiger partial charge on any atom is 0.188 e. The Hall–Kier alpha value is -2.42. The minimum atomic E-state index is 0. The summed E-state index contributed by atoms with van der Waals surface area (Å²) in [5.41, 5.74) is 10.6. The number of nitrogens with two attached hydrogens (primary N) is 1. The molecule has 28 heavy (non-hydrogen) atoms. The monoisotopic (exact) mass is 490 g/mol. The average molecular weight is 490 g/mol. The van der Waals surface area contributed by atoms with Crippen LogP contribution in [-0.4, -0.2) is 27.3 Å². The van der Waals surface area contributed by atoms with Gasteiger partial charge in [-0.2, -0.15) is 5.10 Å². The standard InChI is InChI=1S/C21H26N6.HI/c1-2-3-12-24-21(22)25-13-19-6-4-5-7-20(19)18-10-8-17(9-11-18)14-27-16-23-15-26-27;/h4-11,15-16H,2-3,12-14H2,1H3,(H3,22,24,25);1H. The summed E-state index contributed by atoms with van der Waals surface area (Å²) in [5, 5.41) is 7.30. The molecule has 0 spiro atoms. The average Bonchev–Trinajstić information content (AvgIpc) is 3.20. The van der Waals surface area contributed by atoms with Gasteiger partial charge < -0.3 is 11.1 Å². The number of nitrogens with one attached hydrogen (secondary N) is 1. The fourth-order valence-corrected chi connectivity index (χ4v) is 2.85. The molecule has 6 nitrogen and oxygen atoms in total. The molecule has 0 fully saturated rings. The number of hydrogen-bond acceptors (Lipinski definition) is 3. The molecule has 1 heterocycles. The van der Waals surface area contributed by atoms with Crippen molar-refractivity contribution in [1.82, 2.24) is 20.1 Å². The van der Waals surface area contributed by atoms with Crippen LogP contribution < -0.4 is 11.1 Å². The Morgan fingerprint density at radius 2 is 1.93 bits per heavy atom. The third-order valence-corrected chi connectivity index (χ3v) is 4.35. The number of halogens is 1. The Bertz CT molecular complexity index is 859. The van der Waals surface area contributed by atoms with Gasteiger partial charge in [0.2, 0.25) is 0 Å². The maximum absolute atomic E-state index is 5.96. The highest BCUT2D eigenvalue weighted by Crippen LogP contribution is 2.25. The van der Waals surface area contributed by atoms with Crippen molar-refractivity contribution in [2.24, 2.45) is 10.7 Å². The van der Waals surface area contributed by atoms with Gasteiger partial charge in [-0.15, -0.1) is 24.0 Å². The number of guanidine groups is 1. The summed E-state index contributed by atoms with van der Waals surface area (Å²) in [4.78, 5) is 8.46. The van der Waals surface area contributed by atoms with E-state index in [0.717, 1.165) is 24.9 Å². The Morgan fingerprint density at radius 3 is 2.64 bits per heavy atom. The molecule has 148 valence electrons. The highest BCUT2D eigenvalue weighted by molar-refractivity contribution is 14.0. The third-order valence-electron chi connectivity index (χ3n) is 4.35. The molecule has 0 saturated carbocycles. The van der Waals surface area contributed by atoms with Crippen molar-refractivity contribution in [3.8, 4) is 11.1 Å². The predicted octanol–water partition coefficient (Wildman–Crippen LogP) is 3.82. The summed E-state index contributed by atoms with van der Waals surface area (Å²) in [5.74, 6) is 0.501. The lowest BCUT2D eigenvalue weighted by molar-refractivity contribution is 0.685. The van der Waals surface area contributed by atoms with Gasteiger partial charge in [0, 0.05) is 6.54 Å². The largest absolute Gasteiger partial charge is 0.370 e. The van der Waals surface area contributed by atoms with E-state index in [1.165, 1.54) is 16.7 Å². The molecule has 0 aliphatic heterocycles. The van der Waals surface area contributed by atoms with Crippen LogP contribution in [0.2, 0.25) is 0 Å². The van der Waals surface area contributed by atoms with Crippen molar-refractivity contribution < 1.29 is 0 Å². The number of aliphatic imine (C=N–C) groups is 1. The number of aromatic nitrogens is 3. The highest BCUT2D eigenvalue weighted by Gasteiger charge is 2.05. The SMILES string of the molecule is CCCCNC(N)=NCc1ccccc1-c1ccc(Cn2cncn2)cc1.I. The Balaban J connectivity index is 0.00000280. The molecule has 0 bridgehead atoms. The van der Waals surface area contributed by atoms with E-state index in [0.29, 0.717) is 19.0 Å². The molecule has 3 N–H and O–H groups in total. The van der Waals surface area contributed by atoms with Crippen molar-refractivity contribution in [2.75, 3.05) is 6.54 Å². The number of benzene rings is 2. The zero-order chi connectivity index (χ0) is 18.9. The number of nitrogens with zero attached hydrogens (tertiary/aromatic N) is 4. The molecule has 1 aromatic heterocycles. The van der Waals surface area contributed by atoms with Crippen molar-refractivity contribution in [3.63, 3.8) is 0 Å². The first-order chi connectivity index (χ1) is 13.3. The summed E-state index contributed by atoms with van der Waals surface area (Å²) >= 11 is 0. The van der Waals surface area contributed by atoms with Crippen molar-refractivity contribution in [2.45, 2.75) is 32.9 Å². The molecule has 0 radical (unpaired) electrons. The summed E-state index contributed by atoms with van der Waals surface area (Å²) in [6, 6.07) is 16.8. The summed E-state index contributed by atoms with van der Waals surface area (Å²) in [6.07, 6.45) is 5.50. The fraction of sp³-hybridized carbons (Fsp3) is 0.286. The quantitative estimate of drug-likeness (QED) is 0.218. The number of hydrogen-bond donors (Lipinski definition) is 2. The van der Waals surface area contributed by atoms with Crippen molar-refractivity contribution >= 4 is 29.9 Å². The Kier molecular flexibility index (Phi) is 8.93. The molecular formula is C21H27IN6. The summed E-state index contributed by atoms with van der Waals surface area (Å²) in [6.45, 7) is 4.29. The van der Waals surface area contributed by atoms with Gasteiger partial charge in [-0.25, -0.2) is 14.7 Å². The van der Waals surface area contributed by atoms with Crippen LogP contribution in [-0.2, 0) is 13.1 Å². The van der Waals surface area contributed by atoms with Gasteiger partial charge in [0.05, 0.1) is 13.1 Å². The lowest BCUT2D eigenvalue weighted by atomic mass is 9.98. The normalized spacial score (nSPS) is 11.1. The van der Waals surface area contributed by atoms with E-state index in [-0.39, 0.29) is 24.0 Å². The van der Waals surface area contributed by atoms with E-state index in [4.69, 9.17) is 5.73 Å². The fourth-order valence-electron chi connectivity index (χ4n) is 2.85. The first-order valence-electron chi connectivity index (χ1n) is 9.29. The van der Waals surface area contributed by atoms with Crippen LogP contribution >= 0.6 is 24.0 Å². The zero-order valence-corrected chi connectivity index (χ0v) is 18.4. The molecule has 3 aromatic rings. The molecule has 0 aliphatic carbocycles. The molecule has 0 aliphatic rings. The highest BCUT2D eigenvalue weighted by atomic mass is 127. The first-order valence-corrected chi connectivity index (χ1v) is 9.29. The second-order valence-corrected chi connectivity index (χ2v) is 6.43. The molecule has 0 atom stereocenters. The van der Waals surface area contributed by atoms with Crippen molar-refractivity contribution in [1.29, 1.82) is 0 Å². The van der Waals surface area contributed by atoms with Crippen molar-refractivity contribution in [3.05, 3.63) is 72.3 Å². The molecule has 0 saturated heterocycles. The van der Waals surface area contributed by atoms with E-state index >= 15 is 0 Å². The lowest BCUT2D eigenvalue weighted by Crippen LogP contribution is -2.32. The molecule has 0 unspecified atom stereocenters. The van der Waals surface area contributed by atoms with Gasteiger partial charge >= 0.3 is 0 Å². The van der Waals surface area contributed by atoms with Gasteiger partial charge in [0.1, 0.15) is 12.7 Å². The van der Waals surface area contributed by atoms with E-state index in [1.54, 1.807) is 12.7 Å². The predicted molar refractivity (Wildman–Crippen MR) is 125 cm³/mol. The molecule has 2 aromatic carbocycles. The lowest BCUT2D eigenvalue weighted by Gasteiger charge is -2.10. The maximum atomic E-state index is 5.96. The minimum Gasteiger partial charge on any atom is -0.370 e. The van der Waals surface area contributed by atoms with Gasteiger partial charge in [0.25, 0.3) is 0 Å². The van der Waals surface area contributed by atoms with Crippen LogP contribution in [0.5, 0.6) is 0 Å². The van der Waals surface area contributed by atoms with Crippen LogP contribution in [0.25, 0.3) is 11.1 Å². The van der Waals surface area contributed by atoms with Gasteiger partial charge in [-0.05, 0) is 28.7 Å². The summed E-state index contributed by atoms with van der Waals surface area (Å²) in [7, 11) is 0. The van der Waals surface area contributed by atoms with E-state index in [2.05, 4.69) is 69.8 Å². The van der Waals surface area contributed by atoms with Crippen LogP contribution in [0, 0.1) is 0 Å². The molecule has 7 heteroatoms. The van der Waals surface area contributed by atoms with Crippen LogP contribution in [0.4, 0.5) is 0 Å². The second-order valence-electron chi connectivity index (χ2n) is 6.43. The van der Waals surface area contributed by atoms with Crippen LogP contribution in [0.15, 0.2) is 66.2 Å². The molecule has 0 amide bonds. The van der Waals surface area contributed by atoms with Gasteiger partial charge in [0.15, 0.2) is 5.96 Å². The van der Waals surface area contributed by atoms with E-state index < -0.39 is 0 Å². The van der Waals surface area contributed by atoms with Gasteiger partial charge in [-0.1, -0.05) is 61.9 Å².